The predicted molar refractivity (Wildman–Crippen MR) is 74.9 cm³/mol. The van der Waals surface area contributed by atoms with Crippen LogP contribution in [-0.4, -0.2) is 24.0 Å². The van der Waals surface area contributed by atoms with E-state index in [0.717, 1.165) is 18.0 Å². The Morgan fingerprint density at radius 2 is 1.19 bits per heavy atom. The van der Waals surface area contributed by atoms with Crippen molar-refractivity contribution in [2.24, 2.45) is 5.92 Å². The Kier molecular flexibility index (Phi) is 9.02. The molecule has 0 aliphatic carbocycles. The van der Waals surface area contributed by atoms with E-state index in [2.05, 4.69) is 18.9 Å². The monoisotopic (exact) mass is 227 g/mol. The van der Waals surface area contributed by atoms with E-state index >= 15 is 0 Å². The van der Waals surface area contributed by atoms with E-state index in [1.54, 1.807) is 0 Å². The second kappa shape index (κ2) is 9.04. The first-order valence-electron chi connectivity index (χ1n) is 7.49. The molecule has 2 atom stereocenters. The molecule has 2 saturated heterocycles. The number of rotatable bonds is 0. The van der Waals surface area contributed by atoms with Crippen LogP contribution >= 0.6 is 0 Å². The summed E-state index contributed by atoms with van der Waals surface area (Å²) in [5.74, 6) is 0.981. The number of nitrogens with zero attached hydrogens (tertiary/aromatic N) is 1. The smallest absolute Gasteiger partial charge is 0.00976 e. The summed E-state index contributed by atoms with van der Waals surface area (Å²) in [5.41, 5.74) is 0. The third-order valence-electron chi connectivity index (χ3n) is 3.83. The molecular weight excluding hydrogens is 194 g/mol. The number of fused-ring (bicyclic) bond motifs is 2. The molecule has 0 aromatic carbocycles. The Hall–Kier alpha value is -0.0400. The molecule has 98 valence electrons. The SMILES string of the molecule is CC.CC.CC1CC2CCCCC(C1)N2C. The summed E-state index contributed by atoms with van der Waals surface area (Å²) in [7, 11) is 2.34. The molecule has 0 amide bonds. The third-order valence-corrected chi connectivity index (χ3v) is 3.83. The van der Waals surface area contributed by atoms with Crippen molar-refractivity contribution < 1.29 is 0 Å². The lowest BCUT2D eigenvalue weighted by atomic mass is 9.87. The summed E-state index contributed by atoms with van der Waals surface area (Å²) in [6.07, 6.45) is 8.76. The first kappa shape index (κ1) is 16.0. The standard InChI is InChI=1S/C11H21N.2C2H6/c1-9-7-10-5-3-4-6-11(8-9)12(10)2;2*1-2/h9-11H,3-8H2,1-2H3;2*1-2H3. The van der Waals surface area contributed by atoms with Crippen LogP contribution in [0.25, 0.3) is 0 Å². The lowest BCUT2D eigenvalue weighted by Gasteiger charge is -2.40. The lowest BCUT2D eigenvalue weighted by molar-refractivity contribution is 0.0872. The quantitative estimate of drug-likeness (QED) is 0.579. The van der Waals surface area contributed by atoms with E-state index in [4.69, 9.17) is 0 Å². The third kappa shape index (κ3) is 4.45. The van der Waals surface area contributed by atoms with Gasteiger partial charge in [-0.3, -0.25) is 0 Å². The maximum atomic E-state index is 2.66. The highest BCUT2D eigenvalue weighted by Gasteiger charge is 2.32. The molecule has 0 spiro atoms. The van der Waals surface area contributed by atoms with Crippen LogP contribution in [0.4, 0.5) is 0 Å². The fourth-order valence-electron chi connectivity index (χ4n) is 3.06. The van der Waals surface area contributed by atoms with Crippen molar-refractivity contribution in [2.75, 3.05) is 7.05 Å². The highest BCUT2D eigenvalue weighted by atomic mass is 15.2. The van der Waals surface area contributed by atoms with Crippen LogP contribution in [0.2, 0.25) is 0 Å². The van der Waals surface area contributed by atoms with Gasteiger partial charge in [0.1, 0.15) is 0 Å². The molecule has 1 nitrogen and oxygen atoms in total. The summed E-state index contributed by atoms with van der Waals surface area (Å²) < 4.78 is 0. The minimum absolute atomic E-state index is 0.918. The molecular formula is C15H33N. The zero-order valence-electron chi connectivity index (χ0n) is 12.4. The average molecular weight is 227 g/mol. The first-order valence-corrected chi connectivity index (χ1v) is 7.49. The highest BCUT2D eigenvalue weighted by molar-refractivity contribution is 4.87. The fraction of sp³-hybridized carbons (Fsp3) is 1.00. The van der Waals surface area contributed by atoms with Gasteiger partial charge >= 0.3 is 0 Å². The summed E-state index contributed by atoms with van der Waals surface area (Å²) in [5, 5.41) is 0. The van der Waals surface area contributed by atoms with Crippen LogP contribution in [0.15, 0.2) is 0 Å². The summed E-state index contributed by atoms with van der Waals surface area (Å²) in [4.78, 5) is 2.66. The fourth-order valence-corrected chi connectivity index (χ4v) is 3.06. The predicted octanol–water partition coefficient (Wildman–Crippen LogP) is 4.71. The molecule has 2 bridgehead atoms. The molecule has 2 unspecified atom stereocenters. The minimum Gasteiger partial charge on any atom is -0.300 e. The van der Waals surface area contributed by atoms with Gasteiger partial charge in [0.25, 0.3) is 0 Å². The van der Waals surface area contributed by atoms with Crippen LogP contribution in [0.3, 0.4) is 0 Å². The summed E-state index contributed by atoms with van der Waals surface area (Å²) in [6, 6.07) is 1.84. The second-order valence-corrected chi connectivity index (χ2v) is 4.83. The van der Waals surface area contributed by atoms with E-state index in [0.29, 0.717) is 0 Å². The van der Waals surface area contributed by atoms with Crippen molar-refractivity contribution in [3.63, 3.8) is 0 Å². The first-order chi connectivity index (χ1) is 7.77. The van der Waals surface area contributed by atoms with Gasteiger partial charge in [-0.05, 0) is 38.6 Å². The molecule has 16 heavy (non-hydrogen) atoms. The Balaban J connectivity index is 0.000000509. The highest BCUT2D eigenvalue weighted by Crippen LogP contribution is 2.34. The van der Waals surface area contributed by atoms with Crippen molar-refractivity contribution in [3.05, 3.63) is 0 Å². The number of hydrogen-bond donors (Lipinski definition) is 0. The molecule has 2 aliphatic heterocycles. The zero-order valence-corrected chi connectivity index (χ0v) is 12.4. The summed E-state index contributed by atoms with van der Waals surface area (Å²) in [6.45, 7) is 10.4. The molecule has 1 heteroatoms. The van der Waals surface area contributed by atoms with Gasteiger partial charge in [0.2, 0.25) is 0 Å². The van der Waals surface area contributed by atoms with E-state index in [-0.39, 0.29) is 0 Å². The average Bonchev–Trinajstić information content (AvgIpc) is 2.44. The molecule has 0 radical (unpaired) electrons. The van der Waals surface area contributed by atoms with Crippen molar-refractivity contribution >= 4 is 0 Å². The maximum Gasteiger partial charge on any atom is 0.00976 e. The topological polar surface area (TPSA) is 3.24 Å². The van der Waals surface area contributed by atoms with Gasteiger partial charge in [-0.1, -0.05) is 47.5 Å². The minimum atomic E-state index is 0.918. The van der Waals surface area contributed by atoms with Crippen LogP contribution in [0.1, 0.15) is 73.1 Å². The Labute approximate surface area is 104 Å². The van der Waals surface area contributed by atoms with Gasteiger partial charge in [-0.15, -0.1) is 0 Å². The molecule has 2 aliphatic rings. The molecule has 0 N–H and O–H groups in total. The molecule has 2 heterocycles. The number of hydrogen-bond acceptors (Lipinski definition) is 1. The lowest BCUT2D eigenvalue weighted by Crippen LogP contribution is -2.44. The van der Waals surface area contributed by atoms with Crippen molar-refractivity contribution in [2.45, 2.75) is 85.2 Å². The largest absolute Gasteiger partial charge is 0.300 e. The van der Waals surface area contributed by atoms with E-state index < -0.39 is 0 Å². The number of piperidine rings is 1. The normalized spacial score (nSPS) is 33.8. The van der Waals surface area contributed by atoms with Crippen molar-refractivity contribution in [1.29, 1.82) is 0 Å². The van der Waals surface area contributed by atoms with Gasteiger partial charge in [0.05, 0.1) is 0 Å². The van der Waals surface area contributed by atoms with Gasteiger partial charge in [0.15, 0.2) is 0 Å². The second-order valence-electron chi connectivity index (χ2n) is 4.83. The van der Waals surface area contributed by atoms with E-state index in [1.165, 1.54) is 38.5 Å². The van der Waals surface area contributed by atoms with E-state index in [9.17, 15) is 0 Å². The Bertz CT molecular complexity index is 140. The van der Waals surface area contributed by atoms with E-state index in [1.807, 2.05) is 27.7 Å². The molecule has 0 aromatic heterocycles. The van der Waals surface area contributed by atoms with Crippen LogP contribution in [0, 0.1) is 5.92 Å². The maximum absolute atomic E-state index is 2.66. The van der Waals surface area contributed by atoms with Gasteiger partial charge in [-0.25, -0.2) is 0 Å². The molecule has 2 rings (SSSR count). The zero-order chi connectivity index (χ0) is 12.6. The van der Waals surface area contributed by atoms with Crippen molar-refractivity contribution in [3.8, 4) is 0 Å². The molecule has 0 saturated carbocycles. The van der Waals surface area contributed by atoms with Gasteiger partial charge in [-0.2, -0.15) is 0 Å². The van der Waals surface area contributed by atoms with Crippen LogP contribution in [-0.2, 0) is 0 Å². The van der Waals surface area contributed by atoms with Crippen LogP contribution < -0.4 is 0 Å². The van der Waals surface area contributed by atoms with Crippen molar-refractivity contribution in [1.82, 2.24) is 4.90 Å². The molecule has 0 aromatic rings. The summed E-state index contributed by atoms with van der Waals surface area (Å²) >= 11 is 0. The molecule has 2 fully saturated rings. The van der Waals surface area contributed by atoms with Gasteiger partial charge in [0, 0.05) is 12.1 Å². The Morgan fingerprint density at radius 3 is 1.56 bits per heavy atom. The van der Waals surface area contributed by atoms with Gasteiger partial charge < -0.3 is 4.90 Å². The van der Waals surface area contributed by atoms with Crippen LogP contribution in [0.5, 0.6) is 0 Å². The Morgan fingerprint density at radius 1 is 0.812 bits per heavy atom.